The first-order chi connectivity index (χ1) is 10.8. The molecular formula is C17H34IN3O3. The van der Waals surface area contributed by atoms with Crippen LogP contribution in [0.4, 0.5) is 0 Å². The average Bonchev–Trinajstić information content (AvgIpc) is 2.41. The molecule has 0 spiro atoms. The number of hydrogen-bond donors (Lipinski definition) is 2. The number of methoxy groups -OCH3 is 1. The lowest BCUT2D eigenvalue weighted by molar-refractivity contribution is -0.152. The van der Waals surface area contributed by atoms with Crippen molar-refractivity contribution < 1.29 is 14.3 Å². The molecule has 0 unspecified atom stereocenters. The highest BCUT2D eigenvalue weighted by Crippen LogP contribution is 2.43. The van der Waals surface area contributed by atoms with E-state index in [1.165, 1.54) is 19.3 Å². The molecule has 6 nitrogen and oxygen atoms in total. The van der Waals surface area contributed by atoms with E-state index in [-0.39, 0.29) is 36.5 Å². The van der Waals surface area contributed by atoms with E-state index in [0.29, 0.717) is 11.4 Å². The maximum Gasteiger partial charge on any atom is 0.328 e. The Morgan fingerprint density at radius 2 is 1.92 bits per heavy atom. The van der Waals surface area contributed by atoms with Crippen LogP contribution in [0, 0.1) is 5.41 Å². The minimum atomic E-state index is -0.478. The summed E-state index contributed by atoms with van der Waals surface area (Å²) in [7, 11) is 1.74. The molecule has 0 aromatic rings. The third-order valence-electron chi connectivity index (χ3n) is 4.01. The van der Waals surface area contributed by atoms with Gasteiger partial charge in [0.2, 0.25) is 0 Å². The minimum absolute atomic E-state index is 0. The van der Waals surface area contributed by atoms with Gasteiger partial charge in [0.25, 0.3) is 0 Å². The van der Waals surface area contributed by atoms with Crippen molar-refractivity contribution in [3.8, 4) is 0 Å². The normalized spacial score (nSPS) is 16.6. The van der Waals surface area contributed by atoms with Crippen LogP contribution in [0.15, 0.2) is 4.99 Å². The molecule has 0 radical (unpaired) electrons. The second-order valence-electron chi connectivity index (χ2n) is 7.23. The molecule has 0 atom stereocenters. The maximum atomic E-state index is 11.8. The van der Waals surface area contributed by atoms with E-state index in [0.717, 1.165) is 26.1 Å². The largest absolute Gasteiger partial charge is 0.459 e. The smallest absolute Gasteiger partial charge is 0.328 e. The van der Waals surface area contributed by atoms with Crippen molar-refractivity contribution >= 4 is 35.9 Å². The molecule has 2 N–H and O–H groups in total. The van der Waals surface area contributed by atoms with Crippen molar-refractivity contribution in [3.63, 3.8) is 0 Å². The van der Waals surface area contributed by atoms with Crippen LogP contribution in [0.25, 0.3) is 0 Å². The van der Waals surface area contributed by atoms with Crippen LogP contribution in [-0.4, -0.2) is 50.9 Å². The van der Waals surface area contributed by atoms with Crippen LogP contribution < -0.4 is 10.6 Å². The Hall–Kier alpha value is -0.570. The van der Waals surface area contributed by atoms with Crippen molar-refractivity contribution in [3.05, 3.63) is 0 Å². The number of hydrogen-bond acceptors (Lipinski definition) is 4. The molecule has 142 valence electrons. The monoisotopic (exact) mass is 455 g/mol. The van der Waals surface area contributed by atoms with Crippen LogP contribution in [0.5, 0.6) is 0 Å². The molecule has 0 aromatic carbocycles. The van der Waals surface area contributed by atoms with Gasteiger partial charge in [0.05, 0.1) is 0 Å². The summed E-state index contributed by atoms with van der Waals surface area (Å²) in [6.07, 6.45) is 4.77. The Morgan fingerprint density at radius 1 is 1.25 bits per heavy atom. The van der Waals surface area contributed by atoms with E-state index in [1.54, 1.807) is 7.11 Å². The summed E-state index contributed by atoms with van der Waals surface area (Å²) in [6, 6.07) is 0. The highest BCUT2D eigenvalue weighted by atomic mass is 127. The third-order valence-corrected chi connectivity index (χ3v) is 4.01. The Balaban J connectivity index is 0.00000529. The van der Waals surface area contributed by atoms with Gasteiger partial charge in [-0.2, -0.15) is 0 Å². The van der Waals surface area contributed by atoms with Gasteiger partial charge in [0, 0.05) is 26.8 Å². The molecule has 1 fully saturated rings. The SMILES string of the molecule is CCNC(=NCC(=O)OC(C)(C)C)NCC1(CCOC)CCC1.I. The highest BCUT2D eigenvalue weighted by Gasteiger charge is 2.36. The number of rotatable bonds is 8. The van der Waals surface area contributed by atoms with Gasteiger partial charge in [0.1, 0.15) is 12.1 Å². The fourth-order valence-corrected chi connectivity index (χ4v) is 2.64. The van der Waals surface area contributed by atoms with Gasteiger partial charge in [-0.3, -0.25) is 4.79 Å². The predicted molar refractivity (Wildman–Crippen MR) is 108 cm³/mol. The number of carbonyl (C=O) groups excluding carboxylic acids is 1. The molecule has 0 aliphatic heterocycles. The fourth-order valence-electron chi connectivity index (χ4n) is 2.64. The molecule has 0 aromatic heterocycles. The summed E-state index contributed by atoms with van der Waals surface area (Å²) in [5, 5.41) is 6.54. The zero-order valence-electron chi connectivity index (χ0n) is 15.7. The molecule has 1 saturated carbocycles. The van der Waals surface area contributed by atoms with Crippen LogP contribution >= 0.6 is 24.0 Å². The second-order valence-corrected chi connectivity index (χ2v) is 7.23. The van der Waals surface area contributed by atoms with Gasteiger partial charge in [-0.1, -0.05) is 6.42 Å². The van der Waals surface area contributed by atoms with E-state index < -0.39 is 5.60 Å². The topological polar surface area (TPSA) is 72.0 Å². The van der Waals surface area contributed by atoms with Crippen LogP contribution in [0.2, 0.25) is 0 Å². The first kappa shape index (κ1) is 23.4. The predicted octanol–water partition coefficient (Wildman–Crippen LogP) is 2.71. The van der Waals surface area contributed by atoms with Crippen LogP contribution in [0.1, 0.15) is 53.4 Å². The number of carbonyl (C=O) groups is 1. The van der Waals surface area contributed by atoms with E-state index in [2.05, 4.69) is 15.6 Å². The molecule has 1 rings (SSSR count). The fraction of sp³-hybridized carbons (Fsp3) is 0.882. The Morgan fingerprint density at radius 3 is 2.38 bits per heavy atom. The number of esters is 1. The van der Waals surface area contributed by atoms with E-state index in [1.807, 2.05) is 27.7 Å². The zero-order chi connectivity index (χ0) is 17.3. The summed E-state index contributed by atoms with van der Waals surface area (Å²) in [4.78, 5) is 16.1. The summed E-state index contributed by atoms with van der Waals surface area (Å²) in [6.45, 7) is 10.00. The number of ether oxygens (including phenoxy) is 2. The molecule has 0 bridgehead atoms. The van der Waals surface area contributed by atoms with Crippen LogP contribution in [-0.2, 0) is 14.3 Å². The van der Waals surface area contributed by atoms with Crippen LogP contribution in [0.3, 0.4) is 0 Å². The van der Waals surface area contributed by atoms with Gasteiger partial charge in [-0.05, 0) is 52.4 Å². The molecule has 1 aliphatic carbocycles. The summed E-state index contributed by atoms with van der Waals surface area (Å²) >= 11 is 0. The first-order valence-electron chi connectivity index (χ1n) is 8.53. The standard InChI is InChI=1S/C17H33N3O3.HI/c1-6-18-15(19-12-14(21)23-16(2,3)4)20-13-17(8-7-9-17)10-11-22-5;/h6-13H2,1-5H3,(H2,18,19,20);1H. The quantitative estimate of drug-likeness (QED) is 0.255. The summed E-state index contributed by atoms with van der Waals surface area (Å²) < 4.78 is 10.5. The lowest BCUT2D eigenvalue weighted by Crippen LogP contribution is -2.47. The molecular weight excluding hydrogens is 421 g/mol. The van der Waals surface area contributed by atoms with E-state index in [9.17, 15) is 4.79 Å². The molecule has 24 heavy (non-hydrogen) atoms. The molecule has 0 saturated heterocycles. The lowest BCUT2D eigenvalue weighted by atomic mass is 9.67. The Labute approximate surface area is 163 Å². The first-order valence-corrected chi connectivity index (χ1v) is 8.53. The van der Waals surface area contributed by atoms with Gasteiger partial charge in [0.15, 0.2) is 5.96 Å². The molecule has 0 heterocycles. The molecule has 0 amide bonds. The van der Waals surface area contributed by atoms with Gasteiger partial charge in [-0.15, -0.1) is 24.0 Å². The second kappa shape index (κ2) is 11.1. The number of guanidine groups is 1. The van der Waals surface area contributed by atoms with Crippen molar-refractivity contribution in [1.82, 2.24) is 10.6 Å². The zero-order valence-corrected chi connectivity index (χ0v) is 18.1. The van der Waals surface area contributed by atoms with Crippen molar-refractivity contribution in [2.45, 2.75) is 59.0 Å². The summed E-state index contributed by atoms with van der Waals surface area (Å²) in [5.41, 5.74) is -0.174. The van der Waals surface area contributed by atoms with E-state index in [4.69, 9.17) is 9.47 Å². The van der Waals surface area contributed by atoms with E-state index >= 15 is 0 Å². The van der Waals surface area contributed by atoms with Gasteiger partial charge >= 0.3 is 5.97 Å². The maximum absolute atomic E-state index is 11.8. The number of halogens is 1. The van der Waals surface area contributed by atoms with Crippen molar-refractivity contribution in [2.75, 3.05) is 33.4 Å². The number of nitrogens with one attached hydrogen (secondary N) is 2. The average molecular weight is 455 g/mol. The molecule has 7 heteroatoms. The van der Waals surface area contributed by atoms with Gasteiger partial charge < -0.3 is 20.1 Å². The summed E-state index contributed by atoms with van der Waals surface area (Å²) in [5.74, 6) is 0.356. The van der Waals surface area contributed by atoms with Gasteiger partial charge in [-0.25, -0.2) is 4.99 Å². The minimum Gasteiger partial charge on any atom is -0.459 e. The number of nitrogens with zero attached hydrogens (tertiary/aromatic N) is 1. The molecule has 1 aliphatic rings. The Kier molecular flexibility index (Phi) is 10.9. The number of aliphatic imine (C=N–C) groups is 1. The highest BCUT2D eigenvalue weighted by molar-refractivity contribution is 14.0. The third kappa shape index (κ3) is 9.05. The lowest BCUT2D eigenvalue weighted by Gasteiger charge is -2.42. The van der Waals surface area contributed by atoms with Crippen molar-refractivity contribution in [1.29, 1.82) is 0 Å². The van der Waals surface area contributed by atoms with Crippen molar-refractivity contribution in [2.24, 2.45) is 10.4 Å². The Bertz CT molecular complexity index is 404.